The Hall–Kier alpha value is -1.06. The highest BCUT2D eigenvalue weighted by Crippen LogP contribution is 2.59. The quantitative estimate of drug-likeness (QED) is 0.515. The summed E-state index contributed by atoms with van der Waals surface area (Å²) >= 11 is 0. The van der Waals surface area contributed by atoms with Crippen molar-refractivity contribution in [3.05, 3.63) is 0 Å². The van der Waals surface area contributed by atoms with Gasteiger partial charge in [-0.15, -0.1) is 0 Å². The highest BCUT2D eigenvalue weighted by Gasteiger charge is 2.70. The first-order chi connectivity index (χ1) is 6.92. The van der Waals surface area contributed by atoms with Crippen molar-refractivity contribution in [3.8, 4) is 0 Å². The maximum Gasteiger partial charge on any atom is 0.327 e. The molecular formula is C11H16O4. The molecule has 1 heterocycles. The Labute approximate surface area is 88.9 Å². The predicted molar refractivity (Wildman–Crippen MR) is 51.7 cm³/mol. The normalized spacial score (nSPS) is 31.0. The van der Waals surface area contributed by atoms with E-state index in [1.54, 1.807) is 13.8 Å². The Kier molecular flexibility index (Phi) is 2.07. The number of cyclic esters (lactones) is 2. The molecule has 1 aliphatic carbocycles. The van der Waals surface area contributed by atoms with E-state index in [1.165, 1.54) is 0 Å². The van der Waals surface area contributed by atoms with E-state index in [-0.39, 0.29) is 5.92 Å². The molecule has 0 aromatic rings. The molecule has 15 heavy (non-hydrogen) atoms. The molecule has 84 valence electrons. The zero-order chi connectivity index (χ0) is 11.3. The van der Waals surface area contributed by atoms with Crippen LogP contribution < -0.4 is 0 Å². The van der Waals surface area contributed by atoms with Crippen molar-refractivity contribution in [1.82, 2.24) is 0 Å². The molecule has 1 unspecified atom stereocenters. The predicted octanol–water partition coefficient (Wildman–Crippen LogP) is 1.63. The van der Waals surface area contributed by atoms with Crippen molar-refractivity contribution in [3.63, 3.8) is 0 Å². The first kappa shape index (κ1) is 10.5. The van der Waals surface area contributed by atoms with Gasteiger partial charge in [0, 0.05) is 13.8 Å². The second-order valence-corrected chi connectivity index (χ2v) is 4.84. The molecule has 0 N–H and O–H groups in total. The van der Waals surface area contributed by atoms with E-state index in [2.05, 4.69) is 0 Å². The van der Waals surface area contributed by atoms with Crippen LogP contribution in [0.25, 0.3) is 0 Å². The summed E-state index contributed by atoms with van der Waals surface area (Å²) in [5.74, 6) is -1.78. The summed E-state index contributed by atoms with van der Waals surface area (Å²) in [5.41, 5.74) is -0.953. The number of hydrogen-bond acceptors (Lipinski definition) is 4. The summed E-state index contributed by atoms with van der Waals surface area (Å²) in [6.45, 7) is 5.19. The van der Waals surface area contributed by atoms with Crippen LogP contribution in [0.2, 0.25) is 0 Å². The first-order valence-electron chi connectivity index (χ1n) is 5.39. The monoisotopic (exact) mass is 212 g/mol. The van der Waals surface area contributed by atoms with Crippen molar-refractivity contribution in [2.24, 2.45) is 11.3 Å². The fourth-order valence-electron chi connectivity index (χ4n) is 2.26. The minimum atomic E-state index is -1.10. The van der Waals surface area contributed by atoms with Gasteiger partial charge < -0.3 is 9.47 Å². The molecule has 2 aliphatic rings. The lowest BCUT2D eigenvalue weighted by molar-refractivity contribution is -0.243. The molecule has 0 amide bonds. The molecule has 1 atom stereocenters. The van der Waals surface area contributed by atoms with E-state index in [0.29, 0.717) is 6.42 Å². The third kappa shape index (κ3) is 1.43. The largest absolute Gasteiger partial charge is 0.422 e. The minimum absolute atomic E-state index is 0.124. The standard InChI is InChI=1S/C11H16O4/c1-4-5-7-6-11(7)8(12)14-10(2,3)15-9(11)13/h7H,4-6H2,1-3H3. The molecule has 4 heteroatoms. The molecule has 1 saturated carbocycles. The molecule has 1 spiro atoms. The van der Waals surface area contributed by atoms with Crippen molar-refractivity contribution in [2.75, 3.05) is 0 Å². The molecule has 2 rings (SSSR count). The van der Waals surface area contributed by atoms with Gasteiger partial charge in [0.05, 0.1) is 0 Å². The first-order valence-corrected chi connectivity index (χ1v) is 5.39. The zero-order valence-corrected chi connectivity index (χ0v) is 9.33. The molecule has 1 saturated heterocycles. The van der Waals surface area contributed by atoms with E-state index in [4.69, 9.17) is 9.47 Å². The number of rotatable bonds is 2. The van der Waals surface area contributed by atoms with Crippen LogP contribution in [0, 0.1) is 11.3 Å². The van der Waals surface area contributed by atoms with Crippen molar-refractivity contribution >= 4 is 11.9 Å². The maximum absolute atomic E-state index is 11.8. The number of carbonyl (C=O) groups excluding carboxylic acids is 2. The third-order valence-electron chi connectivity index (χ3n) is 3.15. The third-order valence-corrected chi connectivity index (χ3v) is 3.15. The number of ether oxygens (including phenoxy) is 2. The smallest absolute Gasteiger partial charge is 0.327 e. The molecule has 4 nitrogen and oxygen atoms in total. The second kappa shape index (κ2) is 2.97. The second-order valence-electron chi connectivity index (χ2n) is 4.84. The summed E-state index contributed by atoms with van der Waals surface area (Å²) in [7, 11) is 0. The van der Waals surface area contributed by atoms with E-state index in [0.717, 1.165) is 12.8 Å². The minimum Gasteiger partial charge on any atom is -0.422 e. The van der Waals surface area contributed by atoms with Crippen LogP contribution >= 0.6 is 0 Å². The van der Waals surface area contributed by atoms with Crippen LogP contribution in [0.15, 0.2) is 0 Å². The molecule has 0 aromatic heterocycles. The lowest BCUT2D eigenvalue weighted by Gasteiger charge is -2.33. The Balaban J connectivity index is 2.16. The summed E-state index contributed by atoms with van der Waals surface area (Å²) in [6.07, 6.45) is 2.44. The Morgan fingerprint density at radius 3 is 2.27 bits per heavy atom. The van der Waals surface area contributed by atoms with Gasteiger partial charge >= 0.3 is 11.9 Å². The van der Waals surface area contributed by atoms with E-state index in [9.17, 15) is 9.59 Å². The van der Waals surface area contributed by atoms with Crippen LogP contribution in [0.1, 0.15) is 40.0 Å². The van der Waals surface area contributed by atoms with Crippen molar-refractivity contribution in [1.29, 1.82) is 0 Å². The van der Waals surface area contributed by atoms with Crippen molar-refractivity contribution in [2.45, 2.75) is 45.8 Å². The van der Waals surface area contributed by atoms with Crippen LogP contribution in [-0.2, 0) is 19.1 Å². The Morgan fingerprint density at radius 2 is 1.80 bits per heavy atom. The number of esters is 2. The van der Waals surface area contributed by atoms with Gasteiger partial charge in [-0.3, -0.25) is 9.59 Å². The lowest BCUT2D eigenvalue weighted by atomic mass is 10.00. The summed E-state index contributed by atoms with van der Waals surface area (Å²) in [5, 5.41) is 0. The van der Waals surface area contributed by atoms with Gasteiger partial charge in [-0.25, -0.2) is 0 Å². The van der Waals surface area contributed by atoms with Crippen molar-refractivity contribution < 1.29 is 19.1 Å². The fourth-order valence-corrected chi connectivity index (χ4v) is 2.26. The van der Waals surface area contributed by atoms with E-state index < -0.39 is 23.1 Å². The summed E-state index contributed by atoms with van der Waals surface area (Å²) < 4.78 is 10.2. The molecule has 0 aromatic carbocycles. The van der Waals surface area contributed by atoms with Gasteiger partial charge in [0.2, 0.25) is 0 Å². The van der Waals surface area contributed by atoms with Crippen LogP contribution in [-0.4, -0.2) is 17.7 Å². The topological polar surface area (TPSA) is 52.6 Å². The average Bonchev–Trinajstić information content (AvgIpc) is 2.76. The zero-order valence-electron chi connectivity index (χ0n) is 9.33. The van der Waals surface area contributed by atoms with E-state index in [1.807, 2.05) is 6.92 Å². The number of hydrogen-bond donors (Lipinski definition) is 0. The molecular weight excluding hydrogens is 196 g/mol. The molecule has 2 fully saturated rings. The Bertz CT molecular complexity index is 299. The van der Waals surface area contributed by atoms with Crippen LogP contribution in [0.3, 0.4) is 0 Å². The fraction of sp³-hybridized carbons (Fsp3) is 0.818. The van der Waals surface area contributed by atoms with E-state index >= 15 is 0 Å². The molecule has 0 bridgehead atoms. The lowest BCUT2D eigenvalue weighted by Crippen LogP contribution is -2.48. The molecule has 0 radical (unpaired) electrons. The number of carbonyl (C=O) groups is 2. The van der Waals surface area contributed by atoms with Gasteiger partial charge in [-0.05, 0) is 18.8 Å². The SMILES string of the molecule is CCCC1CC12C(=O)OC(C)(C)OC2=O. The van der Waals surface area contributed by atoms with Gasteiger partial charge in [0.15, 0.2) is 5.41 Å². The summed E-state index contributed by atoms with van der Waals surface area (Å²) in [4.78, 5) is 23.5. The molecule has 1 aliphatic heterocycles. The highest BCUT2D eigenvalue weighted by atomic mass is 16.7. The average molecular weight is 212 g/mol. The van der Waals surface area contributed by atoms with Gasteiger partial charge in [-0.2, -0.15) is 0 Å². The van der Waals surface area contributed by atoms with Gasteiger partial charge in [-0.1, -0.05) is 13.3 Å². The maximum atomic E-state index is 11.8. The Morgan fingerprint density at radius 1 is 1.27 bits per heavy atom. The highest BCUT2D eigenvalue weighted by molar-refractivity contribution is 6.05. The summed E-state index contributed by atoms with van der Waals surface area (Å²) in [6, 6.07) is 0. The van der Waals surface area contributed by atoms with Gasteiger partial charge in [0.25, 0.3) is 5.79 Å². The van der Waals surface area contributed by atoms with Crippen LogP contribution in [0.5, 0.6) is 0 Å². The van der Waals surface area contributed by atoms with Gasteiger partial charge in [0.1, 0.15) is 0 Å². The van der Waals surface area contributed by atoms with Crippen LogP contribution in [0.4, 0.5) is 0 Å².